The Bertz CT molecular complexity index is 3180. The van der Waals surface area contributed by atoms with E-state index in [0.717, 1.165) is 22.7 Å². The number of hydrogen-bond acceptors (Lipinski definition) is 1. The van der Waals surface area contributed by atoms with Crippen molar-refractivity contribution in [2.75, 3.05) is 4.90 Å². The Hall–Kier alpha value is -7.42. The zero-order chi connectivity index (χ0) is 37.0. The van der Waals surface area contributed by atoms with Gasteiger partial charge in [-0.15, -0.1) is 0 Å². The van der Waals surface area contributed by atoms with Crippen LogP contribution in [-0.4, -0.2) is 4.57 Å². The second-order valence-electron chi connectivity index (χ2n) is 14.5. The van der Waals surface area contributed by atoms with Gasteiger partial charge >= 0.3 is 0 Å². The first-order valence-corrected chi connectivity index (χ1v) is 19.3. The summed E-state index contributed by atoms with van der Waals surface area (Å²) in [6, 6.07) is 79.4. The molecular weight excluding hydrogens is 677 g/mol. The molecule has 0 unspecified atom stereocenters. The maximum absolute atomic E-state index is 2.42. The van der Waals surface area contributed by atoms with E-state index in [0.29, 0.717) is 0 Å². The zero-order valence-corrected chi connectivity index (χ0v) is 30.7. The summed E-state index contributed by atoms with van der Waals surface area (Å²) in [5, 5.41) is 10.1. The standard InChI is InChI=1S/C54H36N2/c1-3-13-37(14-4-1)38-23-25-39(26-24-38)40-27-29-42(30-28-40)56-53-22-12-11-21-50(53)51-34-32-44(36-54(51)56)55(41-15-5-2-6-16-41)43-31-33-49-47-19-8-7-17-45(47)46-18-9-10-20-48(46)52(49)35-43/h1-36H. The van der Waals surface area contributed by atoms with Crippen molar-refractivity contribution in [3.8, 4) is 27.9 Å². The number of anilines is 3. The predicted molar refractivity (Wildman–Crippen MR) is 239 cm³/mol. The maximum atomic E-state index is 2.42. The van der Waals surface area contributed by atoms with Crippen LogP contribution in [0.2, 0.25) is 0 Å². The van der Waals surface area contributed by atoms with E-state index in [2.05, 4.69) is 228 Å². The molecule has 1 aromatic heterocycles. The molecule has 0 aliphatic carbocycles. The van der Waals surface area contributed by atoms with Crippen LogP contribution in [0.15, 0.2) is 218 Å². The van der Waals surface area contributed by atoms with E-state index < -0.39 is 0 Å². The molecule has 0 N–H and O–H groups in total. The molecule has 10 aromatic carbocycles. The third kappa shape index (κ3) is 5.26. The van der Waals surface area contributed by atoms with Gasteiger partial charge in [0, 0.05) is 33.5 Å². The number of nitrogens with zero attached hydrogens (tertiary/aromatic N) is 2. The van der Waals surface area contributed by atoms with Crippen molar-refractivity contribution >= 4 is 71.2 Å². The van der Waals surface area contributed by atoms with E-state index in [4.69, 9.17) is 0 Å². The van der Waals surface area contributed by atoms with Gasteiger partial charge in [0.15, 0.2) is 0 Å². The monoisotopic (exact) mass is 712 g/mol. The van der Waals surface area contributed by atoms with Gasteiger partial charge in [-0.25, -0.2) is 0 Å². The Morgan fingerprint density at radius 3 is 1.27 bits per heavy atom. The topological polar surface area (TPSA) is 8.17 Å². The van der Waals surface area contributed by atoms with Gasteiger partial charge < -0.3 is 9.47 Å². The van der Waals surface area contributed by atoms with Crippen molar-refractivity contribution in [1.82, 2.24) is 4.57 Å². The van der Waals surface area contributed by atoms with E-state index in [-0.39, 0.29) is 0 Å². The summed E-state index contributed by atoms with van der Waals surface area (Å²) in [5.41, 5.74) is 11.7. The average molecular weight is 713 g/mol. The molecule has 0 spiro atoms. The molecule has 0 aliphatic rings. The molecular formula is C54H36N2. The third-order valence-corrected chi connectivity index (χ3v) is 11.4. The Labute approximate surface area is 325 Å². The first-order valence-electron chi connectivity index (χ1n) is 19.3. The molecule has 0 fully saturated rings. The summed E-state index contributed by atoms with van der Waals surface area (Å²) in [4.78, 5) is 2.40. The Morgan fingerprint density at radius 1 is 0.250 bits per heavy atom. The number of benzene rings is 10. The summed E-state index contributed by atoms with van der Waals surface area (Å²) in [7, 11) is 0. The fourth-order valence-corrected chi connectivity index (χ4v) is 8.72. The lowest BCUT2D eigenvalue weighted by molar-refractivity contribution is 1.18. The molecule has 2 heteroatoms. The lowest BCUT2D eigenvalue weighted by Crippen LogP contribution is -2.10. The minimum absolute atomic E-state index is 1.10. The second kappa shape index (κ2) is 13.2. The average Bonchev–Trinajstić information content (AvgIpc) is 3.61. The first-order chi connectivity index (χ1) is 27.8. The van der Waals surface area contributed by atoms with Gasteiger partial charge in [-0.2, -0.15) is 0 Å². The SMILES string of the molecule is c1ccc(-c2ccc(-c3ccc(-n4c5ccccc5c5ccc(N(c6ccccc6)c6ccc7c8ccccc8c8ccccc8c7c6)cc54)cc3)cc2)cc1. The van der Waals surface area contributed by atoms with Crippen LogP contribution in [0.3, 0.4) is 0 Å². The van der Waals surface area contributed by atoms with Crippen molar-refractivity contribution in [2.24, 2.45) is 0 Å². The Morgan fingerprint density at radius 2 is 0.661 bits per heavy atom. The number of hydrogen-bond donors (Lipinski definition) is 0. The van der Waals surface area contributed by atoms with Crippen molar-refractivity contribution in [3.05, 3.63) is 218 Å². The summed E-state index contributed by atoms with van der Waals surface area (Å²) in [6.07, 6.45) is 0. The molecule has 0 amide bonds. The van der Waals surface area contributed by atoms with Crippen LogP contribution >= 0.6 is 0 Å². The summed E-state index contributed by atoms with van der Waals surface area (Å²) in [5.74, 6) is 0. The van der Waals surface area contributed by atoms with Crippen LogP contribution < -0.4 is 4.90 Å². The second-order valence-corrected chi connectivity index (χ2v) is 14.5. The summed E-state index contributed by atoms with van der Waals surface area (Å²) in [6.45, 7) is 0. The maximum Gasteiger partial charge on any atom is 0.0561 e. The molecule has 56 heavy (non-hydrogen) atoms. The molecule has 2 nitrogen and oxygen atoms in total. The van der Waals surface area contributed by atoms with Crippen LogP contribution in [0.1, 0.15) is 0 Å². The highest BCUT2D eigenvalue weighted by molar-refractivity contribution is 6.26. The number of rotatable bonds is 6. The number of aromatic nitrogens is 1. The van der Waals surface area contributed by atoms with E-state index in [1.807, 2.05) is 0 Å². The minimum atomic E-state index is 1.10. The molecule has 0 saturated carbocycles. The van der Waals surface area contributed by atoms with Crippen LogP contribution in [0.25, 0.3) is 82.1 Å². The molecule has 0 bridgehead atoms. The molecule has 0 atom stereocenters. The van der Waals surface area contributed by atoms with Gasteiger partial charge in [-0.05, 0) is 109 Å². The fraction of sp³-hybridized carbons (Fsp3) is 0. The Kier molecular flexibility index (Phi) is 7.53. The quantitative estimate of drug-likeness (QED) is 0.156. The summed E-state index contributed by atoms with van der Waals surface area (Å²) < 4.78 is 2.42. The van der Waals surface area contributed by atoms with E-state index in [9.17, 15) is 0 Å². The van der Waals surface area contributed by atoms with Crippen molar-refractivity contribution in [1.29, 1.82) is 0 Å². The molecule has 0 saturated heterocycles. The molecule has 11 rings (SSSR count). The first kappa shape index (κ1) is 32.0. The van der Waals surface area contributed by atoms with Crippen LogP contribution in [0.4, 0.5) is 17.1 Å². The van der Waals surface area contributed by atoms with Gasteiger partial charge in [0.25, 0.3) is 0 Å². The highest BCUT2D eigenvalue weighted by Gasteiger charge is 2.19. The largest absolute Gasteiger partial charge is 0.310 e. The molecule has 0 radical (unpaired) electrons. The van der Waals surface area contributed by atoms with Gasteiger partial charge in [0.05, 0.1) is 11.0 Å². The van der Waals surface area contributed by atoms with Crippen LogP contribution in [-0.2, 0) is 0 Å². The highest BCUT2D eigenvalue weighted by Crippen LogP contribution is 2.43. The number of fused-ring (bicyclic) bond motifs is 9. The van der Waals surface area contributed by atoms with Crippen molar-refractivity contribution in [3.63, 3.8) is 0 Å². The molecule has 11 aromatic rings. The third-order valence-electron chi connectivity index (χ3n) is 11.4. The zero-order valence-electron chi connectivity index (χ0n) is 30.7. The predicted octanol–water partition coefficient (Wildman–Crippen LogP) is 15.0. The fourth-order valence-electron chi connectivity index (χ4n) is 8.72. The van der Waals surface area contributed by atoms with E-state index in [1.165, 1.54) is 76.4 Å². The van der Waals surface area contributed by atoms with E-state index >= 15 is 0 Å². The minimum Gasteiger partial charge on any atom is -0.310 e. The molecule has 0 aliphatic heterocycles. The Balaban J connectivity index is 1.06. The smallest absolute Gasteiger partial charge is 0.0561 e. The van der Waals surface area contributed by atoms with Crippen molar-refractivity contribution in [2.45, 2.75) is 0 Å². The van der Waals surface area contributed by atoms with Gasteiger partial charge in [0.2, 0.25) is 0 Å². The van der Waals surface area contributed by atoms with Crippen LogP contribution in [0.5, 0.6) is 0 Å². The molecule has 262 valence electrons. The lowest BCUT2D eigenvalue weighted by atomic mass is 9.94. The van der Waals surface area contributed by atoms with Crippen molar-refractivity contribution < 1.29 is 0 Å². The van der Waals surface area contributed by atoms with Gasteiger partial charge in [-0.1, -0.05) is 164 Å². The lowest BCUT2D eigenvalue weighted by Gasteiger charge is -2.26. The van der Waals surface area contributed by atoms with E-state index in [1.54, 1.807) is 0 Å². The normalized spacial score (nSPS) is 11.6. The van der Waals surface area contributed by atoms with Gasteiger partial charge in [-0.3, -0.25) is 0 Å². The van der Waals surface area contributed by atoms with Gasteiger partial charge in [0.1, 0.15) is 0 Å². The van der Waals surface area contributed by atoms with Crippen LogP contribution in [0, 0.1) is 0 Å². The highest BCUT2D eigenvalue weighted by atomic mass is 15.1. The molecule has 1 heterocycles. The number of para-hydroxylation sites is 2. The summed E-state index contributed by atoms with van der Waals surface area (Å²) >= 11 is 0.